The van der Waals surface area contributed by atoms with Crippen LogP contribution >= 0.6 is 0 Å². The average molecular weight is 189 g/mol. The molecule has 14 heavy (non-hydrogen) atoms. The van der Waals surface area contributed by atoms with Gasteiger partial charge in [0.05, 0.1) is 0 Å². The second-order valence-electron chi connectivity index (χ2n) is 4.09. The van der Waals surface area contributed by atoms with Gasteiger partial charge in [-0.15, -0.1) is 0 Å². The van der Waals surface area contributed by atoms with Crippen molar-refractivity contribution in [1.29, 1.82) is 0 Å². The third-order valence-corrected chi connectivity index (χ3v) is 2.88. The number of carbonyl (C=O) groups is 1. The van der Waals surface area contributed by atoms with E-state index in [2.05, 4.69) is 12.1 Å². The predicted molar refractivity (Wildman–Crippen MR) is 56.4 cm³/mol. The lowest BCUT2D eigenvalue weighted by Crippen LogP contribution is -2.26. The van der Waals surface area contributed by atoms with Crippen molar-refractivity contribution >= 4 is 5.78 Å². The van der Waals surface area contributed by atoms with Crippen LogP contribution in [0, 0.1) is 12.8 Å². The summed E-state index contributed by atoms with van der Waals surface area (Å²) in [5, 5.41) is 0. The minimum absolute atomic E-state index is 0.255. The van der Waals surface area contributed by atoms with E-state index in [9.17, 15) is 4.79 Å². The van der Waals surface area contributed by atoms with E-state index in [1.54, 1.807) is 0 Å². The molecule has 2 heteroatoms. The highest BCUT2D eigenvalue weighted by molar-refractivity contribution is 5.98. The summed E-state index contributed by atoms with van der Waals surface area (Å²) in [5.74, 6) is 0.600. The van der Waals surface area contributed by atoms with Crippen molar-refractivity contribution in [1.82, 2.24) is 0 Å². The Morgan fingerprint density at radius 1 is 1.43 bits per heavy atom. The maximum Gasteiger partial charge on any atom is 0.163 e. The molecule has 0 spiro atoms. The van der Waals surface area contributed by atoms with E-state index in [0.717, 1.165) is 17.5 Å². The van der Waals surface area contributed by atoms with Gasteiger partial charge < -0.3 is 5.73 Å². The van der Waals surface area contributed by atoms with Crippen LogP contribution in [0.4, 0.5) is 0 Å². The molecule has 0 fully saturated rings. The Morgan fingerprint density at radius 2 is 2.21 bits per heavy atom. The summed E-state index contributed by atoms with van der Waals surface area (Å²) in [4.78, 5) is 11.8. The van der Waals surface area contributed by atoms with Gasteiger partial charge in [0.2, 0.25) is 0 Å². The zero-order chi connectivity index (χ0) is 10.1. The van der Waals surface area contributed by atoms with Crippen molar-refractivity contribution in [2.75, 3.05) is 6.54 Å². The van der Waals surface area contributed by atoms with E-state index in [1.807, 2.05) is 13.0 Å². The monoisotopic (exact) mass is 189 g/mol. The van der Waals surface area contributed by atoms with Crippen molar-refractivity contribution in [2.24, 2.45) is 11.7 Å². The maximum atomic E-state index is 11.8. The van der Waals surface area contributed by atoms with Gasteiger partial charge in [-0.25, -0.2) is 0 Å². The number of benzene rings is 1. The van der Waals surface area contributed by atoms with E-state index in [-0.39, 0.29) is 5.78 Å². The van der Waals surface area contributed by atoms with Crippen LogP contribution in [0.3, 0.4) is 0 Å². The second-order valence-corrected chi connectivity index (χ2v) is 4.09. The van der Waals surface area contributed by atoms with Crippen LogP contribution in [0.1, 0.15) is 27.9 Å². The summed E-state index contributed by atoms with van der Waals surface area (Å²) < 4.78 is 0. The molecule has 0 heterocycles. The first-order valence-corrected chi connectivity index (χ1v) is 5.03. The van der Waals surface area contributed by atoms with Crippen LogP contribution in [0.2, 0.25) is 0 Å². The van der Waals surface area contributed by atoms with Gasteiger partial charge in [-0.1, -0.05) is 17.7 Å². The lowest BCUT2D eigenvalue weighted by Gasteiger charge is -2.22. The molecule has 2 N–H and O–H groups in total. The molecule has 1 aromatic rings. The fourth-order valence-electron chi connectivity index (χ4n) is 2.05. The molecule has 0 radical (unpaired) electrons. The third-order valence-electron chi connectivity index (χ3n) is 2.88. The number of rotatable bonds is 1. The Hall–Kier alpha value is -1.15. The largest absolute Gasteiger partial charge is 0.330 e. The summed E-state index contributed by atoms with van der Waals surface area (Å²) in [6.07, 6.45) is 1.57. The van der Waals surface area contributed by atoms with Gasteiger partial charge in [0, 0.05) is 12.0 Å². The molecule has 1 aliphatic carbocycles. The Bertz CT molecular complexity index is 371. The predicted octanol–water partition coefficient (Wildman–Crippen LogP) is 1.70. The molecule has 0 bridgehead atoms. The summed E-state index contributed by atoms with van der Waals surface area (Å²) in [7, 11) is 0. The molecule has 0 amide bonds. The van der Waals surface area contributed by atoms with Crippen molar-refractivity contribution in [2.45, 2.75) is 19.8 Å². The fourth-order valence-corrected chi connectivity index (χ4v) is 2.05. The molecule has 2 rings (SSSR count). The SMILES string of the molecule is Cc1ccc2c(c1)C(=O)CC(CN)C2. The molecule has 1 aliphatic rings. The Labute approximate surface area is 84.1 Å². The van der Waals surface area contributed by atoms with Crippen LogP contribution in [-0.4, -0.2) is 12.3 Å². The molecule has 0 saturated heterocycles. The van der Waals surface area contributed by atoms with E-state index in [4.69, 9.17) is 5.73 Å². The number of nitrogens with two attached hydrogens (primary N) is 1. The zero-order valence-electron chi connectivity index (χ0n) is 8.42. The van der Waals surface area contributed by atoms with Crippen molar-refractivity contribution in [3.05, 3.63) is 34.9 Å². The highest BCUT2D eigenvalue weighted by Crippen LogP contribution is 2.25. The molecule has 0 aromatic heterocycles. The minimum atomic E-state index is 0.255. The summed E-state index contributed by atoms with van der Waals surface area (Å²) >= 11 is 0. The first kappa shape index (κ1) is 9.41. The highest BCUT2D eigenvalue weighted by Gasteiger charge is 2.23. The molecule has 0 saturated carbocycles. The van der Waals surface area contributed by atoms with Crippen molar-refractivity contribution in [3.8, 4) is 0 Å². The quantitative estimate of drug-likeness (QED) is 0.730. The minimum Gasteiger partial charge on any atom is -0.330 e. The average Bonchev–Trinajstić information content (AvgIpc) is 2.19. The summed E-state index contributed by atoms with van der Waals surface area (Å²) in [5.41, 5.74) is 8.84. The van der Waals surface area contributed by atoms with E-state index in [0.29, 0.717) is 18.9 Å². The van der Waals surface area contributed by atoms with Crippen molar-refractivity contribution < 1.29 is 4.79 Å². The smallest absolute Gasteiger partial charge is 0.163 e. The lowest BCUT2D eigenvalue weighted by molar-refractivity contribution is 0.0950. The summed E-state index contributed by atoms with van der Waals surface area (Å²) in [6.45, 7) is 2.63. The number of hydrogen-bond acceptors (Lipinski definition) is 2. The van der Waals surface area contributed by atoms with Gasteiger partial charge >= 0.3 is 0 Å². The fraction of sp³-hybridized carbons (Fsp3) is 0.417. The zero-order valence-corrected chi connectivity index (χ0v) is 8.42. The topological polar surface area (TPSA) is 43.1 Å². The van der Waals surface area contributed by atoms with Crippen LogP contribution in [0.5, 0.6) is 0 Å². The van der Waals surface area contributed by atoms with Gasteiger partial charge in [0.15, 0.2) is 5.78 Å². The van der Waals surface area contributed by atoms with Gasteiger partial charge in [-0.2, -0.15) is 0 Å². The van der Waals surface area contributed by atoms with E-state index >= 15 is 0 Å². The van der Waals surface area contributed by atoms with Crippen LogP contribution < -0.4 is 5.73 Å². The standard InChI is InChI=1S/C12H15NO/c1-8-2-3-10-5-9(7-13)6-12(14)11(10)4-8/h2-4,9H,5-7,13H2,1H3. The molecule has 1 aromatic carbocycles. The molecule has 1 atom stereocenters. The highest BCUT2D eigenvalue weighted by atomic mass is 16.1. The third kappa shape index (κ3) is 1.58. The number of ketones is 1. The molecular weight excluding hydrogens is 174 g/mol. The van der Waals surface area contributed by atoms with E-state index in [1.165, 1.54) is 5.56 Å². The number of hydrogen-bond donors (Lipinski definition) is 1. The number of carbonyl (C=O) groups excluding carboxylic acids is 1. The Balaban J connectivity index is 2.40. The normalized spacial score (nSPS) is 20.7. The van der Waals surface area contributed by atoms with Gasteiger partial charge in [0.1, 0.15) is 0 Å². The second kappa shape index (κ2) is 3.54. The van der Waals surface area contributed by atoms with Crippen LogP contribution in [-0.2, 0) is 6.42 Å². The Morgan fingerprint density at radius 3 is 2.93 bits per heavy atom. The van der Waals surface area contributed by atoms with Gasteiger partial charge in [-0.3, -0.25) is 4.79 Å². The van der Waals surface area contributed by atoms with Gasteiger partial charge in [-0.05, 0) is 37.4 Å². The molecule has 74 valence electrons. The maximum absolute atomic E-state index is 11.8. The number of fused-ring (bicyclic) bond motifs is 1. The molecule has 1 unspecified atom stereocenters. The van der Waals surface area contributed by atoms with Gasteiger partial charge in [0.25, 0.3) is 0 Å². The number of Topliss-reactive ketones (excluding diaryl/α,β-unsaturated/α-hetero) is 1. The lowest BCUT2D eigenvalue weighted by atomic mass is 9.82. The van der Waals surface area contributed by atoms with Crippen LogP contribution in [0.25, 0.3) is 0 Å². The first-order chi connectivity index (χ1) is 6.70. The van der Waals surface area contributed by atoms with Crippen molar-refractivity contribution in [3.63, 3.8) is 0 Å². The molecular formula is C12H15NO. The molecule has 2 nitrogen and oxygen atoms in total. The Kier molecular flexibility index (Phi) is 2.38. The van der Waals surface area contributed by atoms with E-state index < -0.39 is 0 Å². The first-order valence-electron chi connectivity index (χ1n) is 5.03. The van der Waals surface area contributed by atoms with Crippen LogP contribution in [0.15, 0.2) is 18.2 Å². The molecule has 0 aliphatic heterocycles. The number of aryl methyl sites for hydroxylation is 1. The summed E-state index contributed by atoms with van der Waals surface area (Å²) in [6, 6.07) is 6.11.